The van der Waals surface area contributed by atoms with Gasteiger partial charge in [-0.3, -0.25) is 9.59 Å². The molecule has 4 nitrogen and oxygen atoms in total. The second-order valence-electron chi connectivity index (χ2n) is 5.55. The molecule has 0 heterocycles. The molecule has 0 bridgehead atoms. The Labute approximate surface area is 125 Å². The third-order valence-electron chi connectivity index (χ3n) is 3.94. The van der Waals surface area contributed by atoms with Crippen molar-refractivity contribution in [2.45, 2.75) is 51.0 Å². The Morgan fingerprint density at radius 2 is 1.81 bits per heavy atom. The fraction of sp³-hybridized carbons (Fsp3) is 0.529. The van der Waals surface area contributed by atoms with Gasteiger partial charge in [-0.05, 0) is 43.5 Å². The average Bonchev–Trinajstić information content (AvgIpc) is 3.00. The largest absolute Gasteiger partial charge is 0.497 e. The zero-order valence-electron chi connectivity index (χ0n) is 12.6. The molecule has 1 aliphatic carbocycles. The van der Waals surface area contributed by atoms with E-state index in [1.165, 1.54) is 12.8 Å². The van der Waals surface area contributed by atoms with Gasteiger partial charge in [-0.15, -0.1) is 0 Å². The fourth-order valence-electron chi connectivity index (χ4n) is 2.70. The van der Waals surface area contributed by atoms with Crippen molar-refractivity contribution >= 4 is 11.7 Å². The van der Waals surface area contributed by atoms with Gasteiger partial charge in [0, 0.05) is 24.4 Å². The van der Waals surface area contributed by atoms with Gasteiger partial charge in [0.05, 0.1) is 7.11 Å². The van der Waals surface area contributed by atoms with Crippen molar-refractivity contribution in [2.75, 3.05) is 7.11 Å². The Kier molecular flexibility index (Phi) is 5.78. The summed E-state index contributed by atoms with van der Waals surface area (Å²) in [6.45, 7) is 0. The van der Waals surface area contributed by atoms with E-state index in [4.69, 9.17) is 4.74 Å². The molecule has 114 valence electrons. The minimum Gasteiger partial charge on any atom is -0.497 e. The third-order valence-corrected chi connectivity index (χ3v) is 3.94. The first-order valence-corrected chi connectivity index (χ1v) is 7.65. The number of amides is 1. The minimum atomic E-state index is 0.0735. The van der Waals surface area contributed by atoms with Crippen molar-refractivity contribution < 1.29 is 14.3 Å². The normalized spacial score (nSPS) is 14.9. The average molecular weight is 289 g/mol. The molecule has 0 spiro atoms. The van der Waals surface area contributed by atoms with Crippen LogP contribution in [0.2, 0.25) is 0 Å². The number of ether oxygens (including phenoxy) is 1. The Morgan fingerprint density at radius 3 is 2.43 bits per heavy atom. The zero-order valence-corrected chi connectivity index (χ0v) is 12.6. The van der Waals surface area contributed by atoms with E-state index in [0.29, 0.717) is 30.9 Å². The van der Waals surface area contributed by atoms with E-state index in [-0.39, 0.29) is 11.7 Å². The van der Waals surface area contributed by atoms with E-state index < -0.39 is 0 Å². The smallest absolute Gasteiger partial charge is 0.220 e. The Balaban J connectivity index is 1.69. The summed E-state index contributed by atoms with van der Waals surface area (Å²) in [5.74, 6) is 0.887. The molecule has 1 aliphatic rings. The van der Waals surface area contributed by atoms with Crippen LogP contribution < -0.4 is 10.1 Å². The molecule has 0 aromatic heterocycles. The SMILES string of the molecule is COc1ccc(C(=O)CCCC(=O)NC2CCCC2)cc1. The van der Waals surface area contributed by atoms with Crippen molar-refractivity contribution in [2.24, 2.45) is 0 Å². The van der Waals surface area contributed by atoms with Crippen molar-refractivity contribution in [3.63, 3.8) is 0 Å². The first-order valence-electron chi connectivity index (χ1n) is 7.65. The molecule has 0 unspecified atom stereocenters. The van der Waals surface area contributed by atoms with Gasteiger partial charge in [0.1, 0.15) is 5.75 Å². The van der Waals surface area contributed by atoms with Crippen LogP contribution in [0.15, 0.2) is 24.3 Å². The van der Waals surface area contributed by atoms with Crippen LogP contribution in [0.5, 0.6) is 5.75 Å². The highest BCUT2D eigenvalue weighted by Crippen LogP contribution is 2.18. The maximum absolute atomic E-state index is 12.0. The lowest BCUT2D eigenvalue weighted by Gasteiger charge is -2.11. The van der Waals surface area contributed by atoms with E-state index in [9.17, 15) is 9.59 Å². The lowest BCUT2D eigenvalue weighted by Crippen LogP contribution is -2.32. The molecular weight excluding hydrogens is 266 g/mol. The van der Waals surface area contributed by atoms with Gasteiger partial charge in [-0.25, -0.2) is 0 Å². The number of rotatable bonds is 7. The summed E-state index contributed by atoms with van der Waals surface area (Å²) < 4.78 is 5.06. The Bertz CT molecular complexity index is 475. The molecule has 1 aromatic rings. The van der Waals surface area contributed by atoms with E-state index in [1.807, 2.05) is 0 Å². The van der Waals surface area contributed by atoms with Crippen molar-refractivity contribution in [3.05, 3.63) is 29.8 Å². The van der Waals surface area contributed by atoms with Crippen LogP contribution in [0.4, 0.5) is 0 Å². The quantitative estimate of drug-likeness (QED) is 0.785. The molecular formula is C17H23NO3. The summed E-state index contributed by atoms with van der Waals surface area (Å²) in [7, 11) is 1.60. The number of benzene rings is 1. The molecule has 21 heavy (non-hydrogen) atoms. The molecule has 0 atom stereocenters. The van der Waals surface area contributed by atoms with Gasteiger partial charge >= 0.3 is 0 Å². The zero-order chi connectivity index (χ0) is 15.1. The number of carbonyl (C=O) groups excluding carboxylic acids is 2. The second-order valence-corrected chi connectivity index (χ2v) is 5.55. The summed E-state index contributed by atoms with van der Waals surface area (Å²) in [5.41, 5.74) is 0.673. The topological polar surface area (TPSA) is 55.4 Å². The number of nitrogens with one attached hydrogen (secondary N) is 1. The molecule has 0 aliphatic heterocycles. The van der Waals surface area contributed by atoms with Gasteiger partial charge < -0.3 is 10.1 Å². The van der Waals surface area contributed by atoms with E-state index in [0.717, 1.165) is 18.6 Å². The Hall–Kier alpha value is -1.84. The molecule has 0 saturated heterocycles. The highest BCUT2D eigenvalue weighted by Gasteiger charge is 2.17. The van der Waals surface area contributed by atoms with Crippen LogP contribution in [0.1, 0.15) is 55.3 Å². The first kappa shape index (κ1) is 15.5. The number of Topliss-reactive ketones (excluding diaryl/α,β-unsaturated/α-hetero) is 1. The van der Waals surface area contributed by atoms with Crippen molar-refractivity contribution in [1.82, 2.24) is 5.32 Å². The number of carbonyl (C=O) groups is 2. The van der Waals surface area contributed by atoms with Crippen LogP contribution in [0.3, 0.4) is 0 Å². The summed E-state index contributed by atoms with van der Waals surface area (Å²) in [6, 6.07) is 7.44. The predicted octanol–water partition coefficient (Wildman–Crippen LogP) is 3.11. The van der Waals surface area contributed by atoms with E-state index in [2.05, 4.69) is 5.32 Å². The van der Waals surface area contributed by atoms with Crippen LogP contribution in [-0.2, 0) is 4.79 Å². The summed E-state index contributed by atoms with van der Waals surface area (Å²) >= 11 is 0. The van der Waals surface area contributed by atoms with Gasteiger partial charge in [-0.1, -0.05) is 12.8 Å². The summed E-state index contributed by atoms with van der Waals surface area (Å²) in [6.07, 6.45) is 6.04. The standard InChI is InChI=1S/C17H23NO3/c1-21-15-11-9-13(10-12-15)16(19)7-4-8-17(20)18-14-5-2-3-6-14/h9-12,14H,2-8H2,1H3,(H,18,20). The van der Waals surface area contributed by atoms with Crippen LogP contribution in [0, 0.1) is 0 Å². The lowest BCUT2D eigenvalue weighted by atomic mass is 10.1. The van der Waals surface area contributed by atoms with Gasteiger partial charge in [0.2, 0.25) is 5.91 Å². The van der Waals surface area contributed by atoms with Crippen LogP contribution >= 0.6 is 0 Å². The van der Waals surface area contributed by atoms with Crippen LogP contribution in [0.25, 0.3) is 0 Å². The van der Waals surface area contributed by atoms with Gasteiger partial charge in [-0.2, -0.15) is 0 Å². The number of hydrogen-bond acceptors (Lipinski definition) is 3. The van der Waals surface area contributed by atoms with Crippen LogP contribution in [-0.4, -0.2) is 24.8 Å². The molecule has 2 rings (SSSR count). The predicted molar refractivity (Wildman–Crippen MR) is 81.6 cm³/mol. The van der Waals surface area contributed by atoms with E-state index in [1.54, 1.807) is 31.4 Å². The van der Waals surface area contributed by atoms with Gasteiger partial charge in [0.25, 0.3) is 0 Å². The molecule has 4 heteroatoms. The number of hydrogen-bond donors (Lipinski definition) is 1. The molecule has 1 fully saturated rings. The maximum atomic E-state index is 12.0. The second kappa shape index (κ2) is 7.81. The van der Waals surface area contributed by atoms with Crippen molar-refractivity contribution in [1.29, 1.82) is 0 Å². The Morgan fingerprint density at radius 1 is 1.14 bits per heavy atom. The molecule has 1 saturated carbocycles. The molecule has 0 radical (unpaired) electrons. The lowest BCUT2D eigenvalue weighted by molar-refractivity contribution is -0.121. The highest BCUT2D eigenvalue weighted by molar-refractivity contribution is 5.96. The summed E-state index contributed by atoms with van der Waals surface area (Å²) in [4.78, 5) is 23.8. The molecule has 1 amide bonds. The number of ketones is 1. The minimum absolute atomic E-state index is 0.0735. The van der Waals surface area contributed by atoms with Gasteiger partial charge in [0.15, 0.2) is 5.78 Å². The first-order chi connectivity index (χ1) is 10.2. The summed E-state index contributed by atoms with van der Waals surface area (Å²) in [5, 5.41) is 3.04. The van der Waals surface area contributed by atoms with E-state index >= 15 is 0 Å². The molecule has 1 aromatic carbocycles. The highest BCUT2D eigenvalue weighted by atomic mass is 16.5. The van der Waals surface area contributed by atoms with Crippen molar-refractivity contribution in [3.8, 4) is 5.75 Å². The fourth-order valence-corrected chi connectivity index (χ4v) is 2.70. The maximum Gasteiger partial charge on any atom is 0.220 e. The molecule has 1 N–H and O–H groups in total. The number of methoxy groups -OCH3 is 1. The third kappa shape index (κ3) is 4.88. The monoisotopic (exact) mass is 289 g/mol.